The van der Waals surface area contributed by atoms with Crippen molar-refractivity contribution in [2.75, 3.05) is 11.1 Å². The van der Waals surface area contributed by atoms with Crippen molar-refractivity contribution in [1.29, 1.82) is 0 Å². The summed E-state index contributed by atoms with van der Waals surface area (Å²) in [5, 5.41) is 3.67. The largest absolute Gasteiger partial charge is 0.397 e. The number of nitrogens with two attached hydrogens (primary N) is 1. The molecule has 1 aliphatic rings. The molecule has 4 aromatic rings. The number of aromatic nitrogens is 1. The van der Waals surface area contributed by atoms with Crippen LogP contribution in [0.5, 0.6) is 0 Å². The van der Waals surface area contributed by atoms with Crippen molar-refractivity contribution in [3.8, 4) is 11.1 Å². The molecule has 0 radical (unpaired) electrons. The van der Waals surface area contributed by atoms with E-state index in [-0.39, 0.29) is 11.7 Å². The highest BCUT2D eigenvalue weighted by Gasteiger charge is 2.25. The smallest absolute Gasteiger partial charge is 0.267 e. The average Bonchev–Trinajstić information content (AvgIpc) is 3.10. The molecule has 0 atom stereocenters. The molecule has 4 nitrogen and oxygen atoms in total. The van der Waals surface area contributed by atoms with E-state index in [9.17, 15) is 9.18 Å². The molecule has 0 saturated heterocycles. The summed E-state index contributed by atoms with van der Waals surface area (Å²) in [6.45, 7) is 0. The first kappa shape index (κ1) is 18.8. The third kappa shape index (κ3) is 3.23. The number of carbonyl (C=O) groups excluding carboxylic acids is 1. The summed E-state index contributed by atoms with van der Waals surface area (Å²) in [6, 6.07) is 15.9. The van der Waals surface area contributed by atoms with E-state index in [0.29, 0.717) is 16.3 Å². The highest BCUT2D eigenvalue weighted by molar-refractivity contribution is 7.21. The molecule has 0 saturated carbocycles. The second kappa shape index (κ2) is 7.54. The molecule has 1 aliphatic carbocycles. The van der Waals surface area contributed by atoms with Crippen LogP contribution in [0.1, 0.15) is 33.8 Å². The monoisotopic (exact) mass is 417 g/mol. The number of carbonyl (C=O) groups is 1. The third-order valence-electron chi connectivity index (χ3n) is 5.52. The van der Waals surface area contributed by atoms with Crippen molar-refractivity contribution in [3.63, 3.8) is 0 Å². The van der Waals surface area contributed by atoms with Crippen LogP contribution in [0.4, 0.5) is 15.8 Å². The maximum absolute atomic E-state index is 13.2. The van der Waals surface area contributed by atoms with Crippen LogP contribution in [-0.2, 0) is 12.8 Å². The normalized spacial score (nSPS) is 13.2. The summed E-state index contributed by atoms with van der Waals surface area (Å²) in [5.74, 6) is -0.657. The molecule has 30 heavy (non-hydrogen) atoms. The van der Waals surface area contributed by atoms with Crippen LogP contribution < -0.4 is 11.1 Å². The molecule has 0 bridgehead atoms. The van der Waals surface area contributed by atoms with Gasteiger partial charge in [0.15, 0.2) is 0 Å². The molecule has 0 unspecified atom stereocenters. The zero-order valence-electron chi connectivity index (χ0n) is 16.2. The second-order valence-corrected chi connectivity index (χ2v) is 8.47. The lowest BCUT2D eigenvalue weighted by atomic mass is 9.87. The summed E-state index contributed by atoms with van der Waals surface area (Å²) < 4.78 is 13.2. The first-order chi connectivity index (χ1) is 14.6. The number of amides is 1. The Balaban J connectivity index is 1.66. The van der Waals surface area contributed by atoms with E-state index < -0.39 is 0 Å². The van der Waals surface area contributed by atoms with Crippen LogP contribution in [0.3, 0.4) is 0 Å². The number of nitrogen functional groups attached to an aromatic ring is 1. The van der Waals surface area contributed by atoms with Crippen molar-refractivity contribution in [1.82, 2.24) is 4.98 Å². The van der Waals surface area contributed by atoms with Gasteiger partial charge in [-0.1, -0.05) is 30.3 Å². The lowest BCUT2D eigenvalue weighted by molar-refractivity contribution is 0.103. The maximum atomic E-state index is 13.2. The Hall–Kier alpha value is -3.25. The van der Waals surface area contributed by atoms with Gasteiger partial charge in [0.25, 0.3) is 5.91 Å². The molecule has 3 N–H and O–H groups in total. The molecule has 150 valence electrons. The summed E-state index contributed by atoms with van der Waals surface area (Å²) >= 11 is 1.31. The molecular formula is C24H20FN3OS. The minimum absolute atomic E-state index is 0.306. The highest BCUT2D eigenvalue weighted by atomic mass is 32.1. The Kier molecular flexibility index (Phi) is 4.71. The van der Waals surface area contributed by atoms with Gasteiger partial charge in [0.05, 0.1) is 5.69 Å². The van der Waals surface area contributed by atoms with Gasteiger partial charge in [-0.15, -0.1) is 11.3 Å². The quantitative estimate of drug-likeness (QED) is 0.442. The Morgan fingerprint density at radius 3 is 2.53 bits per heavy atom. The van der Waals surface area contributed by atoms with E-state index in [4.69, 9.17) is 10.7 Å². The van der Waals surface area contributed by atoms with Crippen LogP contribution in [-0.4, -0.2) is 10.9 Å². The SMILES string of the molecule is Nc1c(C(=O)Nc2ccc(F)cc2)sc2nc3c(c(-c4ccccc4)c12)CCCC3. The van der Waals surface area contributed by atoms with Crippen molar-refractivity contribution < 1.29 is 9.18 Å². The number of nitrogens with zero attached hydrogens (tertiary/aromatic N) is 1. The van der Waals surface area contributed by atoms with Crippen molar-refractivity contribution in [2.45, 2.75) is 25.7 Å². The Morgan fingerprint density at radius 2 is 1.77 bits per heavy atom. The fourth-order valence-electron chi connectivity index (χ4n) is 4.12. The molecule has 2 heterocycles. The lowest BCUT2D eigenvalue weighted by Crippen LogP contribution is -2.12. The fraction of sp³-hybridized carbons (Fsp3) is 0.167. The number of hydrogen-bond donors (Lipinski definition) is 2. The molecule has 0 spiro atoms. The lowest BCUT2D eigenvalue weighted by Gasteiger charge is -2.20. The van der Waals surface area contributed by atoms with E-state index >= 15 is 0 Å². The minimum atomic E-state index is -0.350. The molecule has 6 heteroatoms. The molecular weight excluding hydrogens is 397 g/mol. The van der Waals surface area contributed by atoms with E-state index in [1.165, 1.54) is 41.2 Å². The number of hydrogen-bond acceptors (Lipinski definition) is 4. The minimum Gasteiger partial charge on any atom is -0.397 e. The zero-order chi connectivity index (χ0) is 20.7. The third-order valence-corrected chi connectivity index (χ3v) is 6.62. The van der Waals surface area contributed by atoms with Gasteiger partial charge in [0.2, 0.25) is 0 Å². The first-order valence-corrected chi connectivity index (χ1v) is 10.8. The number of pyridine rings is 1. The summed E-state index contributed by atoms with van der Waals surface area (Å²) in [5.41, 5.74) is 12.1. The number of anilines is 2. The van der Waals surface area contributed by atoms with Gasteiger partial charge >= 0.3 is 0 Å². The zero-order valence-corrected chi connectivity index (χ0v) is 17.1. The molecule has 0 fully saturated rings. The maximum Gasteiger partial charge on any atom is 0.267 e. The Morgan fingerprint density at radius 1 is 1.03 bits per heavy atom. The van der Waals surface area contributed by atoms with Gasteiger partial charge in [-0.3, -0.25) is 4.79 Å². The van der Waals surface area contributed by atoms with E-state index in [2.05, 4.69) is 17.4 Å². The summed E-state index contributed by atoms with van der Waals surface area (Å²) in [6.07, 6.45) is 4.16. The fourth-order valence-corrected chi connectivity index (χ4v) is 5.14. The van der Waals surface area contributed by atoms with Gasteiger partial charge in [0.1, 0.15) is 15.5 Å². The number of thiophene rings is 1. The molecule has 1 amide bonds. The van der Waals surface area contributed by atoms with Crippen molar-refractivity contribution in [3.05, 3.63) is 76.5 Å². The van der Waals surface area contributed by atoms with Crippen LogP contribution in [0, 0.1) is 5.82 Å². The first-order valence-electron chi connectivity index (χ1n) is 9.98. The number of benzene rings is 2. The molecule has 2 aromatic heterocycles. The van der Waals surface area contributed by atoms with Gasteiger partial charge < -0.3 is 11.1 Å². The van der Waals surface area contributed by atoms with E-state index in [1.54, 1.807) is 0 Å². The predicted molar refractivity (Wildman–Crippen MR) is 120 cm³/mol. The van der Waals surface area contributed by atoms with Crippen molar-refractivity contribution in [2.24, 2.45) is 0 Å². The Labute approximate surface area is 177 Å². The van der Waals surface area contributed by atoms with Gasteiger partial charge in [-0.2, -0.15) is 0 Å². The standard InChI is InChI=1S/C24H20FN3OS/c25-15-10-12-16(13-11-15)27-23(29)22-21(26)20-19(14-6-2-1-3-7-14)17-8-4-5-9-18(17)28-24(20)30-22/h1-3,6-7,10-13H,4-5,8-9,26H2,(H,27,29). The van der Waals surface area contributed by atoms with Gasteiger partial charge in [0, 0.05) is 16.8 Å². The number of halogens is 1. The predicted octanol–water partition coefficient (Wildman–Crippen LogP) is 5.82. The number of rotatable bonds is 3. The van der Waals surface area contributed by atoms with Crippen LogP contribution in [0.2, 0.25) is 0 Å². The van der Waals surface area contributed by atoms with E-state index in [1.807, 2.05) is 18.2 Å². The van der Waals surface area contributed by atoms with E-state index in [0.717, 1.165) is 52.7 Å². The number of fused-ring (bicyclic) bond motifs is 2. The van der Waals surface area contributed by atoms with Gasteiger partial charge in [-0.25, -0.2) is 9.37 Å². The molecule has 5 rings (SSSR count). The number of nitrogens with one attached hydrogen (secondary N) is 1. The highest BCUT2D eigenvalue weighted by Crippen LogP contribution is 2.43. The topological polar surface area (TPSA) is 68.0 Å². The average molecular weight is 418 g/mol. The molecule has 2 aromatic carbocycles. The van der Waals surface area contributed by atoms with Crippen LogP contribution in [0.25, 0.3) is 21.3 Å². The second-order valence-electron chi connectivity index (χ2n) is 7.47. The summed E-state index contributed by atoms with van der Waals surface area (Å²) in [4.78, 5) is 19.1. The van der Waals surface area contributed by atoms with Gasteiger partial charge in [-0.05, 0) is 66.6 Å². The van der Waals surface area contributed by atoms with Crippen LogP contribution in [0.15, 0.2) is 54.6 Å². The number of aryl methyl sites for hydroxylation is 1. The van der Waals surface area contributed by atoms with Crippen LogP contribution >= 0.6 is 11.3 Å². The molecule has 0 aliphatic heterocycles. The summed E-state index contributed by atoms with van der Waals surface area (Å²) in [7, 11) is 0. The van der Waals surface area contributed by atoms with Crippen molar-refractivity contribution >= 4 is 38.8 Å². The Bertz CT molecular complexity index is 1250.